The van der Waals surface area contributed by atoms with E-state index in [1.807, 2.05) is 11.4 Å². The van der Waals surface area contributed by atoms with Gasteiger partial charge in [0.15, 0.2) is 0 Å². The lowest BCUT2D eigenvalue weighted by atomic mass is 9.86. The van der Waals surface area contributed by atoms with Gasteiger partial charge in [-0.2, -0.15) is 0 Å². The van der Waals surface area contributed by atoms with Crippen molar-refractivity contribution < 1.29 is 9.53 Å². The van der Waals surface area contributed by atoms with Gasteiger partial charge >= 0.3 is 0 Å². The number of rotatable bonds is 4. The molecule has 3 nitrogen and oxygen atoms in total. The van der Waals surface area contributed by atoms with Crippen LogP contribution in [0, 0.1) is 2.88 Å². The Morgan fingerprint density at radius 3 is 2.89 bits per heavy atom. The molecule has 1 amide bonds. The van der Waals surface area contributed by atoms with Gasteiger partial charge in [0.05, 0.1) is 14.0 Å². The van der Waals surface area contributed by atoms with Crippen LogP contribution in [0.4, 0.5) is 0 Å². The van der Waals surface area contributed by atoms with Crippen molar-refractivity contribution >= 4 is 39.8 Å². The van der Waals surface area contributed by atoms with Gasteiger partial charge in [-0.15, -0.1) is 11.3 Å². The number of amides is 1. The third-order valence-corrected chi connectivity index (χ3v) is 5.74. The van der Waals surface area contributed by atoms with Crippen molar-refractivity contribution in [3.05, 3.63) is 19.9 Å². The van der Waals surface area contributed by atoms with Crippen LogP contribution in [0.3, 0.4) is 0 Å². The number of carbonyl (C=O) groups is 1. The van der Waals surface area contributed by atoms with Gasteiger partial charge in [0, 0.05) is 18.0 Å². The molecule has 2 heterocycles. The summed E-state index contributed by atoms with van der Waals surface area (Å²) in [4.78, 5) is 12.2. The summed E-state index contributed by atoms with van der Waals surface area (Å²) in [5.74, 6) is 0.0483. The topological polar surface area (TPSA) is 38.3 Å². The van der Waals surface area contributed by atoms with Crippen LogP contribution < -0.4 is 5.32 Å². The standard InChI is InChI=1S/C14H20INO2S/c1-3-14(4-2)8-11(5-6-18-14)16-13(17)10-7-12(15)19-9-10/h7,9,11H,3-6,8H2,1-2H3,(H,16,17). The summed E-state index contributed by atoms with van der Waals surface area (Å²) < 4.78 is 7.08. The molecule has 1 saturated heterocycles. The Balaban J connectivity index is 1.97. The number of ether oxygens (including phenoxy) is 1. The van der Waals surface area contributed by atoms with Crippen LogP contribution in [0.2, 0.25) is 0 Å². The molecule has 106 valence electrons. The molecule has 1 aliphatic rings. The van der Waals surface area contributed by atoms with Gasteiger partial charge in [-0.05, 0) is 54.3 Å². The number of nitrogens with one attached hydrogen (secondary N) is 1. The largest absolute Gasteiger partial charge is 0.375 e. The molecule has 19 heavy (non-hydrogen) atoms. The van der Waals surface area contributed by atoms with Gasteiger partial charge in [-0.25, -0.2) is 0 Å². The Labute approximate surface area is 132 Å². The molecule has 0 saturated carbocycles. The highest BCUT2D eigenvalue weighted by Crippen LogP contribution is 2.31. The predicted molar refractivity (Wildman–Crippen MR) is 86.8 cm³/mol. The van der Waals surface area contributed by atoms with E-state index in [1.165, 1.54) is 0 Å². The zero-order valence-electron chi connectivity index (χ0n) is 11.4. The highest BCUT2D eigenvalue weighted by Gasteiger charge is 2.35. The van der Waals surface area contributed by atoms with Crippen LogP contribution >= 0.6 is 33.9 Å². The van der Waals surface area contributed by atoms with E-state index in [4.69, 9.17) is 4.74 Å². The fourth-order valence-corrected chi connectivity index (χ4v) is 3.92. The summed E-state index contributed by atoms with van der Waals surface area (Å²) in [6, 6.07) is 2.17. The normalized spacial score (nSPS) is 22.2. The minimum absolute atomic E-state index is 0.0424. The molecule has 1 unspecified atom stereocenters. The Morgan fingerprint density at radius 1 is 1.58 bits per heavy atom. The first-order valence-corrected chi connectivity index (χ1v) is 8.73. The molecule has 1 atom stereocenters. The van der Waals surface area contributed by atoms with E-state index in [0.717, 1.165) is 40.7 Å². The second-order valence-corrected chi connectivity index (χ2v) is 7.85. The van der Waals surface area contributed by atoms with E-state index < -0.39 is 0 Å². The molecule has 1 aromatic rings. The highest BCUT2D eigenvalue weighted by atomic mass is 127. The van der Waals surface area contributed by atoms with Crippen molar-refractivity contribution in [2.24, 2.45) is 0 Å². The lowest BCUT2D eigenvalue weighted by Gasteiger charge is -2.40. The van der Waals surface area contributed by atoms with Gasteiger partial charge in [0.25, 0.3) is 5.91 Å². The summed E-state index contributed by atoms with van der Waals surface area (Å²) in [6.45, 7) is 5.07. The van der Waals surface area contributed by atoms with Crippen molar-refractivity contribution in [3.63, 3.8) is 0 Å². The summed E-state index contributed by atoms with van der Waals surface area (Å²) >= 11 is 3.85. The molecule has 5 heteroatoms. The maximum absolute atomic E-state index is 12.2. The van der Waals surface area contributed by atoms with Crippen LogP contribution in [0.5, 0.6) is 0 Å². The maximum Gasteiger partial charge on any atom is 0.252 e. The first-order chi connectivity index (χ1) is 9.08. The first-order valence-electron chi connectivity index (χ1n) is 6.77. The molecule has 1 aromatic heterocycles. The predicted octanol–water partition coefficient (Wildman–Crippen LogP) is 3.82. The van der Waals surface area contributed by atoms with Gasteiger partial charge in [-0.3, -0.25) is 4.79 Å². The zero-order chi connectivity index (χ0) is 13.9. The van der Waals surface area contributed by atoms with Crippen molar-refractivity contribution in [1.29, 1.82) is 0 Å². The molecule has 2 rings (SSSR count). The van der Waals surface area contributed by atoms with E-state index >= 15 is 0 Å². The zero-order valence-corrected chi connectivity index (χ0v) is 14.3. The first kappa shape index (κ1) is 15.3. The van der Waals surface area contributed by atoms with Crippen molar-refractivity contribution in [3.8, 4) is 0 Å². The van der Waals surface area contributed by atoms with Gasteiger partial charge in [0.2, 0.25) is 0 Å². The third-order valence-electron chi connectivity index (χ3n) is 3.95. The smallest absolute Gasteiger partial charge is 0.252 e. The summed E-state index contributed by atoms with van der Waals surface area (Å²) in [6.07, 6.45) is 3.85. The Bertz CT molecular complexity index is 442. The summed E-state index contributed by atoms with van der Waals surface area (Å²) in [5, 5.41) is 5.08. The van der Waals surface area contributed by atoms with Gasteiger partial charge < -0.3 is 10.1 Å². The van der Waals surface area contributed by atoms with Crippen LogP contribution in [-0.4, -0.2) is 24.2 Å². The number of halogens is 1. The minimum Gasteiger partial charge on any atom is -0.375 e. The fraction of sp³-hybridized carbons (Fsp3) is 0.643. The van der Waals surface area contributed by atoms with Crippen LogP contribution in [0.1, 0.15) is 49.9 Å². The second-order valence-electron chi connectivity index (χ2n) is 5.04. The number of thiophene rings is 1. The average molecular weight is 393 g/mol. The van der Waals surface area contributed by atoms with Crippen LogP contribution in [-0.2, 0) is 4.74 Å². The summed E-state index contributed by atoms with van der Waals surface area (Å²) in [5.41, 5.74) is 0.735. The second kappa shape index (κ2) is 6.54. The molecule has 1 N–H and O–H groups in total. The van der Waals surface area contributed by atoms with Crippen molar-refractivity contribution in [1.82, 2.24) is 5.32 Å². The number of carbonyl (C=O) groups excluding carboxylic acids is 1. The molecule has 1 aliphatic heterocycles. The lowest BCUT2D eigenvalue weighted by Crippen LogP contribution is -2.48. The van der Waals surface area contributed by atoms with Gasteiger partial charge in [0.1, 0.15) is 0 Å². The van der Waals surface area contributed by atoms with Gasteiger partial charge in [-0.1, -0.05) is 13.8 Å². The third kappa shape index (κ3) is 3.70. The molecular weight excluding hydrogens is 373 g/mol. The maximum atomic E-state index is 12.2. The molecule has 0 aliphatic carbocycles. The SMILES string of the molecule is CCC1(CC)CC(NC(=O)c2csc(I)c2)CCO1. The Morgan fingerprint density at radius 2 is 2.32 bits per heavy atom. The molecule has 0 bridgehead atoms. The minimum atomic E-state index is -0.0424. The fourth-order valence-electron chi connectivity index (χ4n) is 2.59. The van der Waals surface area contributed by atoms with Crippen LogP contribution in [0.25, 0.3) is 0 Å². The lowest BCUT2D eigenvalue weighted by molar-refractivity contribution is -0.0917. The molecule has 0 spiro atoms. The van der Waals surface area contributed by atoms with Crippen molar-refractivity contribution in [2.75, 3.05) is 6.61 Å². The average Bonchev–Trinajstić information content (AvgIpc) is 2.85. The molecular formula is C14H20INO2S. The molecule has 0 aromatic carbocycles. The van der Waals surface area contributed by atoms with E-state index in [9.17, 15) is 4.79 Å². The Kier molecular flexibility index (Phi) is 5.25. The van der Waals surface area contributed by atoms with E-state index in [-0.39, 0.29) is 17.6 Å². The van der Waals surface area contributed by atoms with E-state index in [1.54, 1.807) is 11.3 Å². The highest BCUT2D eigenvalue weighted by molar-refractivity contribution is 14.1. The number of hydrogen-bond donors (Lipinski definition) is 1. The van der Waals surface area contributed by atoms with Crippen LogP contribution in [0.15, 0.2) is 11.4 Å². The quantitative estimate of drug-likeness (QED) is 0.790. The van der Waals surface area contributed by atoms with E-state index in [2.05, 4.69) is 41.8 Å². The monoisotopic (exact) mass is 393 g/mol. The van der Waals surface area contributed by atoms with E-state index in [0.29, 0.717) is 0 Å². The van der Waals surface area contributed by atoms with Crippen molar-refractivity contribution in [2.45, 2.75) is 51.2 Å². The summed E-state index contributed by atoms with van der Waals surface area (Å²) in [7, 11) is 0. The Hall–Kier alpha value is -0.140. The molecule has 0 radical (unpaired) electrons. The number of hydrogen-bond acceptors (Lipinski definition) is 3. The molecule has 1 fully saturated rings.